The zero-order chi connectivity index (χ0) is 13.2. The first-order valence-corrected chi connectivity index (χ1v) is 6.58. The van der Waals surface area contributed by atoms with Gasteiger partial charge in [-0.3, -0.25) is 0 Å². The van der Waals surface area contributed by atoms with Crippen molar-refractivity contribution in [3.8, 4) is 0 Å². The summed E-state index contributed by atoms with van der Waals surface area (Å²) in [6, 6.07) is 15.5. The lowest BCUT2D eigenvalue weighted by Crippen LogP contribution is -2.33. The van der Waals surface area contributed by atoms with Gasteiger partial charge in [0, 0.05) is 30.5 Å². The van der Waals surface area contributed by atoms with E-state index in [9.17, 15) is 4.39 Å². The molecule has 3 rings (SSSR count). The molecule has 2 aromatic rings. The summed E-state index contributed by atoms with van der Waals surface area (Å²) in [5.74, 6) is -0.196. The molecule has 1 aliphatic rings. The number of hydrogen-bond acceptors (Lipinski definition) is 2. The molecule has 1 unspecified atom stereocenters. The monoisotopic (exact) mass is 256 g/mol. The number of anilines is 2. The van der Waals surface area contributed by atoms with Gasteiger partial charge in [-0.05, 0) is 42.8 Å². The Bertz CT molecular complexity index is 565. The van der Waals surface area contributed by atoms with Gasteiger partial charge in [-0.1, -0.05) is 18.2 Å². The van der Waals surface area contributed by atoms with E-state index in [1.54, 1.807) is 0 Å². The summed E-state index contributed by atoms with van der Waals surface area (Å²) in [5, 5.41) is 3.50. The molecule has 1 N–H and O–H groups in total. The number of para-hydroxylation sites is 1. The first-order chi connectivity index (χ1) is 9.24. The highest BCUT2D eigenvalue weighted by atomic mass is 19.1. The summed E-state index contributed by atoms with van der Waals surface area (Å²) in [6.45, 7) is 3.92. The molecule has 0 spiro atoms. The van der Waals surface area contributed by atoms with Crippen molar-refractivity contribution in [2.75, 3.05) is 11.4 Å². The van der Waals surface area contributed by atoms with Crippen molar-refractivity contribution in [1.29, 1.82) is 0 Å². The van der Waals surface area contributed by atoms with Gasteiger partial charge in [-0.2, -0.15) is 0 Å². The Balaban J connectivity index is 2.05. The van der Waals surface area contributed by atoms with E-state index in [-0.39, 0.29) is 5.82 Å². The van der Waals surface area contributed by atoms with Crippen molar-refractivity contribution in [2.45, 2.75) is 19.5 Å². The molecule has 2 aromatic carbocycles. The quantitative estimate of drug-likeness (QED) is 0.840. The number of fused-ring (bicyclic) bond motifs is 1. The Hall–Kier alpha value is -1.87. The van der Waals surface area contributed by atoms with Gasteiger partial charge in [0.05, 0.1) is 0 Å². The molecule has 0 aliphatic carbocycles. The standard InChI is InChI=1S/C16H17FN2/c1-12-11-19(15-8-6-14(17)7-9-15)16-5-3-2-4-13(16)10-18-12/h2-9,12,18H,10-11H2,1H3. The molecule has 1 atom stereocenters. The molecule has 2 nitrogen and oxygen atoms in total. The summed E-state index contributed by atoms with van der Waals surface area (Å²) in [4.78, 5) is 2.25. The van der Waals surface area contributed by atoms with Crippen molar-refractivity contribution in [2.24, 2.45) is 0 Å². The number of benzene rings is 2. The molecule has 19 heavy (non-hydrogen) atoms. The van der Waals surface area contributed by atoms with E-state index in [2.05, 4.69) is 35.3 Å². The molecule has 0 saturated heterocycles. The van der Waals surface area contributed by atoms with Gasteiger partial charge >= 0.3 is 0 Å². The lowest BCUT2D eigenvalue weighted by atomic mass is 10.1. The molecule has 0 aromatic heterocycles. The predicted molar refractivity (Wildman–Crippen MR) is 76.1 cm³/mol. The van der Waals surface area contributed by atoms with Crippen LogP contribution in [0.15, 0.2) is 48.5 Å². The van der Waals surface area contributed by atoms with Crippen molar-refractivity contribution in [1.82, 2.24) is 5.32 Å². The second-order valence-corrected chi connectivity index (χ2v) is 5.00. The minimum absolute atomic E-state index is 0.196. The van der Waals surface area contributed by atoms with E-state index < -0.39 is 0 Å². The Kier molecular flexibility index (Phi) is 3.22. The van der Waals surface area contributed by atoms with Gasteiger partial charge < -0.3 is 10.2 Å². The molecule has 3 heteroatoms. The topological polar surface area (TPSA) is 15.3 Å². The van der Waals surface area contributed by atoms with Crippen LogP contribution in [0, 0.1) is 5.82 Å². The zero-order valence-corrected chi connectivity index (χ0v) is 10.9. The van der Waals surface area contributed by atoms with Crippen LogP contribution in [0.3, 0.4) is 0 Å². The Morgan fingerprint density at radius 2 is 1.84 bits per heavy atom. The summed E-state index contributed by atoms with van der Waals surface area (Å²) in [5.41, 5.74) is 3.51. The van der Waals surface area contributed by atoms with E-state index in [0.717, 1.165) is 18.8 Å². The Labute approximate surface area is 112 Å². The van der Waals surface area contributed by atoms with E-state index in [1.165, 1.54) is 23.4 Å². The maximum atomic E-state index is 13.1. The second-order valence-electron chi connectivity index (χ2n) is 5.00. The minimum Gasteiger partial charge on any atom is -0.340 e. The smallest absolute Gasteiger partial charge is 0.123 e. The largest absolute Gasteiger partial charge is 0.340 e. The van der Waals surface area contributed by atoms with Crippen molar-refractivity contribution in [3.63, 3.8) is 0 Å². The van der Waals surface area contributed by atoms with Crippen LogP contribution in [-0.4, -0.2) is 12.6 Å². The van der Waals surface area contributed by atoms with Crippen LogP contribution >= 0.6 is 0 Å². The molecule has 0 saturated carbocycles. The molecule has 0 bridgehead atoms. The van der Waals surface area contributed by atoms with Crippen LogP contribution < -0.4 is 10.2 Å². The maximum absolute atomic E-state index is 13.1. The highest BCUT2D eigenvalue weighted by Crippen LogP contribution is 2.30. The number of nitrogens with zero attached hydrogens (tertiary/aromatic N) is 1. The van der Waals surface area contributed by atoms with Crippen LogP contribution in [-0.2, 0) is 6.54 Å². The van der Waals surface area contributed by atoms with Crippen LogP contribution in [0.4, 0.5) is 15.8 Å². The third kappa shape index (κ3) is 2.47. The summed E-state index contributed by atoms with van der Waals surface area (Å²) in [6.07, 6.45) is 0. The van der Waals surface area contributed by atoms with Gasteiger partial charge in [-0.15, -0.1) is 0 Å². The molecule has 98 valence electrons. The Morgan fingerprint density at radius 3 is 2.63 bits per heavy atom. The molecule has 0 amide bonds. The third-order valence-electron chi connectivity index (χ3n) is 3.52. The van der Waals surface area contributed by atoms with E-state index in [1.807, 2.05) is 18.2 Å². The normalized spacial score (nSPS) is 18.8. The summed E-state index contributed by atoms with van der Waals surface area (Å²) in [7, 11) is 0. The van der Waals surface area contributed by atoms with Gasteiger partial charge in [0.25, 0.3) is 0 Å². The first-order valence-electron chi connectivity index (χ1n) is 6.58. The van der Waals surface area contributed by atoms with Crippen LogP contribution in [0.25, 0.3) is 0 Å². The van der Waals surface area contributed by atoms with Crippen molar-refractivity contribution in [3.05, 3.63) is 59.9 Å². The fraction of sp³-hybridized carbons (Fsp3) is 0.250. The minimum atomic E-state index is -0.196. The van der Waals surface area contributed by atoms with Crippen molar-refractivity contribution < 1.29 is 4.39 Å². The second kappa shape index (κ2) is 5.02. The molecule has 0 fully saturated rings. The van der Waals surface area contributed by atoms with Gasteiger partial charge in [-0.25, -0.2) is 4.39 Å². The SMILES string of the molecule is CC1CN(c2ccc(F)cc2)c2ccccc2CN1. The predicted octanol–water partition coefficient (Wildman–Crippen LogP) is 3.46. The maximum Gasteiger partial charge on any atom is 0.123 e. The van der Waals surface area contributed by atoms with E-state index in [4.69, 9.17) is 0 Å². The molecule has 1 heterocycles. The molecular weight excluding hydrogens is 239 g/mol. The lowest BCUT2D eigenvalue weighted by Gasteiger charge is -2.26. The lowest BCUT2D eigenvalue weighted by molar-refractivity contribution is 0.568. The number of hydrogen-bond donors (Lipinski definition) is 1. The number of halogens is 1. The van der Waals surface area contributed by atoms with Crippen LogP contribution in [0.2, 0.25) is 0 Å². The highest BCUT2D eigenvalue weighted by Gasteiger charge is 2.19. The van der Waals surface area contributed by atoms with Crippen molar-refractivity contribution >= 4 is 11.4 Å². The van der Waals surface area contributed by atoms with Crippen LogP contribution in [0.5, 0.6) is 0 Å². The fourth-order valence-electron chi connectivity index (χ4n) is 2.51. The highest BCUT2D eigenvalue weighted by molar-refractivity contribution is 5.67. The van der Waals surface area contributed by atoms with Gasteiger partial charge in [0.15, 0.2) is 0 Å². The first kappa shape index (κ1) is 12.2. The fourth-order valence-corrected chi connectivity index (χ4v) is 2.51. The third-order valence-corrected chi connectivity index (χ3v) is 3.52. The summed E-state index contributed by atoms with van der Waals surface area (Å²) >= 11 is 0. The average Bonchev–Trinajstić information content (AvgIpc) is 2.60. The molecular formula is C16H17FN2. The van der Waals surface area contributed by atoms with E-state index >= 15 is 0 Å². The summed E-state index contributed by atoms with van der Waals surface area (Å²) < 4.78 is 13.1. The van der Waals surface area contributed by atoms with Gasteiger partial charge in [0.1, 0.15) is 5.82 Å². The number of nitrogens with one attached hydrogen (secondary N) is 1. The average molecular weight is 256 g/mol. The van der Waals surface area contributed by atoms with E-state index in [0.29, 0.717) is 6.04 Å². The Morgan fingerprint density at radius 1 is 1.11 bits per heavy atom. The zero-order valence-electron chi connectivity index (χ0n) is 10.9. The molecule has 0 radical (unpaired) electrons. The number of rotatable bonds is 1. The van der Waals surface area contributed by atoms with Gasteiger partial charge in [0.2, 0.25) is 0 Å². The van der Waals surface area contributed by atoms with Crippen LogP contribution in [0.1, 0.15) is 12.5 Å². The molecule has 1 aliphatic heterocycles.